The van der Waals surface area contributed by atoms with E-state index < -0.39 is 0 Å². The molecule has 0 spiro atoms. The summed E-state index contributed by atoms with van der Waals surface area (Å²) in [6.07, 6.45) is 5.79. The lowest BCUT2D eigenvalue weighted by Gasteiger charge is -2.35. The van der Waals surface area contributed by atoms with Crippen molar-refractivity contribution in [3.63, 3.8) is 0 Å². The van der Waals surface area contributed by atoms with Crippen molar-refractivity contribution < 1.29 is 4.90 Å². The van der Waals surface area contributed by atoms with Crippen LogP contribution in [0, 0.1) is 4.77 Å². The number of piperidine rings is 1. The van der Waals surface area contributed by atoms with Crippen molar-refractivity contribution in [1.29, 1.82) is 0 Å². The lowest BCUT2D eigenvalue weighted by molar-refractivity contribution is -0.973. The Bertz CT molecular complexity index is 398. The first-order valence-corrected chi connectivity index (χ1v) is 6.44. The maximum absolute atomic E-state index is 5.32. The molecule has 2 atom stereocenters. The van der Waals surface area contributed by atoms with Gasteiger partial charge >= 0.3 is 0 Å². The SMILES string of the molecule is C[C@H]1CCC[C@H](C)[NH+]1Cn1ncn(C)c1=S. The summed E-state index contributed by atoms with van der Waals surface area (Å²) in [5.74, 6) is 0. The van der Waals surface area contributed by atoms with Crippen molar-refractivity contribution in [2.45, 2.75) is 51.9 Å². The molecule has 2 rings (SSSR count). The van der Waals surface area contributed by atoms with E-state index in [1.54, 1.807) is 11.2 Å². The molecule has 0 saturated carbocycles. The van der Waals surface area contributed by atoms with Gasteiger partial charge in [-0.05, 0) is 45.3 Å². The van der Waals surface area contributed by atoms with Gasteiger partial charge < -0.3 is 9.47 Å². The lowest BCUT2D eigenvalue weighted by atomic mass is 9.98. The summed E-state index contributed by atoms with van der Waals surface area (Å²) in [5, 5.41) is 4.33. The molecule has 0 amide bonds. The highest BCUT2D eigenvalue weighted by molar-refractivity contribution is 7.71. The van der Waals surface area contributed by atoms with Crippen molar-refractivity contribution in [1.82, 2.24) is 14.3 Å². The Morgan fingerprint density at radius 2 is 2.06 bits per heavy atom. The molecule has 0 bridgehead atoms. The fourth-order valence-corrected chi connectivity index (χ4v) is 2.76. The Balaban J connectivity index is 2.14. The zero-order valence-electron chi connectivity index (χ0n) is 10.3. The number of hydrogen-bond acceptors (Lipinski definition) is 2. The lowest BCUT2D eigenvalue weighted by Crippen LogP contribution is -3.18. The van der Waals surface area contributed by atoms with Gasteiger partial charge in [0.15, 0.2) is 6.67 Å². The van der Waals surface area contributed by atoms with Crippen LogP contribution in [0.2, 0.25) is 0 Å². The van der Waals surface area contributed by atoms with E-state index in [2.05, 4.69) is 18.9 Å². The van der Waals surface area contributed by atoms with Gasteiger partial charge in [-0.3, -0.25) is 0 Å². The maximum atomic E-state index is 5.32. The Hall–Kier alpha value is -0.680. The predicted octanol–water partition coefficient (Wildman–Crippen LogP) is 0.754. The van der Waals surface area contributed by atoms with Crippen LogP contribution in [0.4, 0.5) is 0 Å². The van der Waals surface area contributed by atoms with Gasteiger partial charge in [0.2, 0.25) is 4.77 Å². The molecule has 1 aromatic rings. The summed E-state index contributed by atoms with van der Waals surface area (Å²) in [5.41, 5.74) is 0. The smallest absolute Gasteiger partial charge is 0.202 e. The van der Waals surface area contributed by atoms with E-state index in [0.717, 1.165) is 11.4 Å². The second-order valence-corrected chi connectivity index (χ2v) is 5.36. The molecule has 16 heavy (non-hydrogen) atoms. The Morgan fingerprint density at radius 1 is 1.44 bits per heavy atom. The largest absolute Gasteiger partial charge is 0.312 e. The van der Waals surface area contributed by atoms with Gasteiger partial charge in [0, 0.05) is 7.05 Å². The zero-order chi connectivity index (χ0) is 11.7. The van der Waals surface area contributed by atoms with Gasteiger partial charge in [0.05, 0.1) is 12.1 Å². The second-order valence-electron chi connectivity index (χ2n) is 4.99. The van der Waals surface area contributed by atoms with E-state index >= 15 is 0 Å². The van der Waals surface area contributed by atoms with Gasteiger partial charge in [-0.15, -0.1) is 0 Å². The Morgan fingerprint density at radius 3 is 2.56 bits per heavy atom. The third kappa shape index (κ3) is 2.20. The molecule has 1 aliphatic rings. The summed E-state index contributed by atoms with van der Waals surface area (Å²) in [6, 6.07) is 1.43. The van der Waals surface area contributed by atoms with E-state index in [-0.39, 0.29) is 0 Å². The number of hydrogen-bond donors (Lipinski definition) is 1. The minimum absolute atomic E-state index is 0.715. The molecule has 0 aliphatic carbocycles. The van der Waals surface area contributed by atoms with E-state index in [1.807, 2.05) is 16.3 Å². The fraction of sp³-hybridized carbons (Fsp3) is 0.818. The number of nitrogens with zero attached hydrogens (tertiary/aromatic N) is 3. The van der Waals surface area contributed by atoms with Crippen LogP contribution in [0.15, 0.2) is 6.33 Å². The number of quaternary nitrogens is 1. The van der Waals surface area contributed by atoms with Crippen LogP contribution < -0.4 is 4.90 Å². The topological polar surface area (TPSA) is 27.2 Å². The summed E-state index contributed by atoms with van der Waals surface area (Å²) < 4.78 is 4.66. The van der Waals surface area contributed by atoms with Crippen molar-refractivity contribution in [2.24, 2.45) is 7.05 Å². The van der Waals surface area contributed by atoms with Crippen molar-refractivity contribution in [3.8, 4) is 0 Å². The average molecular weight is 241 g/mol. The molecule has 1 N–H and O–H groups in total. The Kier molecular flexibility index (Phi) is 3.44. The fourth-order valence-electron chi connectivity index (χ4n) is 2.60. The van der Waals surface area contributed by atoms with E-state index in [9.17, 15) is 0 Å². The van der Waals surface area contributed by atoms with Crippen LogP contribution in [0.25, 0.3) is 0 Å². The van der Waals surface area contributed by atoms with Crippen LogP contribution in [-0.2, 0) is 13.7 Å². The third-order valence-electron chi connectivity index (χ3n) is 3.76. The molecule has 2 heterocycles. The van der Waals surface area contributed by atoms with Gasteiger partial charge in [-0.1, -0.05) is 0 Å². The predicted molar refractivity (Wildman–Crippen MR) is 65.8 cm³/mol. The first-order chi connectivity index (χ1) is 7.59. The molecule has 0 unspecified atom stereocenters. The molecule has 1 fully saturated rings. The third-order valence-corrected chi connectivity index (χ3v) is 4.26. The summed E-state index contributed by atoms with van der Waals surface area (Å²) in [4.78, 5) is 1.61. The van der Waals surface area contributed by atoms with Crippen molar-refractivity contribution >= 4 is 12.2 Å². The van der Waals surface area contributed by atoms with Crippen LogP contribution in [-0.4, -0.2) is 26.4 Å². The zero-order valence-corrected chi connectivity index (χ0v) is 11.1. The van der Waals surface area contributed by atoms with Crippen molar-refractivity contribution in [3.05, 3.63) is 11.1 Å². The van der Waals surface area contributed by atoms with Crippen LogP contribution in [0.3, 0.4) is 0 Å². The quantitative estimate of drug-likeness (QED) is 0.774. The number of likely N-dealkylation sites (tertiary alicyclic amines) is 1. The molecule has 1 aromatic heterocycles. The summed E-state index contributed by atoms with van der Waals surface area (Å²) in [7, 11) is 1.95. The molecular formula is C11H21N4S+. The standard InChI is InChI=1S/C11H20N4S/c1-9-5-4-6-10(2)14(9)8-15-11(16)13(3)7-12-15/h7,9-10H,4-6,8H2,1-3H3/p+1/t9-,10-/m0/s1. The summed E-state index contributed by atoms with van der Waals surface area (Å²) in [6.45, 7) is 5.57. The highest BCUT2D eigenvalue weighted by Crippen LogP contribution is 2.07. The highest BCUT2D eigenvalue weighted by Gasteiger charge is 2.28. The molecular weight excluding hydrogens is 220 g/mol. The number of aromatic nitrogens is 3. The molecule has 1 aliphatic heterocycles. The van der Waals surface area contributed by atoms with Gasteiger partial charge in [-0.25, -0.2) is 0 Å². The van der Waals surface area contributed by atoms with Crippen molar-refractivity contribution in [2.75, 3.05) is 0 Å². The molecule has 5 heteroatoms. The first kappa shape index (κ1) is 11.8. The normalized spacial score (nSPS) is 27.2. The van der Waals surface area contributed by atoms with Gasteiger partial charge in [-0.2, -0.15) is 9.78 Å². The number of nitrogens with one attached hydrogen (secondary N) is 1. The second kappa shape index (κ2) is 4.67. The monoisotopic (exact) mass is 241 g/mol. The van der Waals surface area contributed by atoms with Gasteiger partial charge in [0.25, 0.3) is 0 Å². The van der Waals surface area contributed by atoms with E-state index in [4.69, 9.17) is 12.2 Å². The Labute approximate surface area is 102 Å². The first-order valence-electron chi connectivity index (χ1n) is 6.03. The molecule has 0 radical (unpaired) electrons. The molecule has 0 aromatic carbocycles. The molecule has 1 saturated heterocycles. The minimum atomic E-state index is 0.715. The summed E-state index contributed by atoms with van der Waals surface area (Å²) >= 11 is 5.32. The maximum Gasteiger partial charge on any atom is 0.202 e. The number of aryl methyl sites for hydroxylation is 1. The average Bonchev–Trinajstić information content (AvgIpc) is 2.55. The van der Waals surface area contributed by atoms with E-state index in [0.29, 0.717) is 12.1 Å². The van der Waals surface area contributed by atoms with Gasteiger partial charge in [0.1, 0.15) is 6.33 Å². The van der Waals surface area contributed by atoms with Crippen LogP contribution in [0.1, 0.15) is 33.1 Å². The van der Waals surface area contributed by atoms with E-state index in [1.165, 1.54) is 19.3 Å². The van der Waals surface area contributed by atoms with Crippen LogP contribution in [0.5, 0.6) is 0 Å². The molecule has 90 valence electrons. The highest BCUT2D eigenvalue weighted by atomic mass is 32.1. The number of rotatable bonds is 2. The van der Waals surface area contributed by atoms with Crippen LogP contribution >= 0.6 is 12.2 Å². The molecule has 4 nitrogen and oxygen atoms in total. The minimum Gasteiger partial charge on any atom is -0.312 e.